The third kappa shape index (κ3) is 2.66. The summed E-state index contributed by atoms with van der Waals surface area (Å²) < 4.78 is 1.26. The molecule has 0 spiro atoms. The molecule has 1 rings (SSSR count). The summed E-state index contributed by atoms with van der Waals surface area (Å²) in [7, 11) is 0. The molecule has 0 aliphatic rings. The highest BCUT2D eigenvalue weighted by atomic mass is 16.6. The molecule has 1 atom stereocenters. The summed E-state index contributed by atoms with van der Waals surface area (Å²) in [6, 6.07) is 1.24. The van der Waals surface area contributed by atoms with Gasteiger partial charge in [0.25, 0.3) is 11.2 Å². The van der Waals surface area contributed by atoms with E-state index in [1.54, 1.807) is 6.92 Å². The van der Waals surface area contributed by atoms with Crippen LogP contribution in [0.1, 0.15) is 12.5 Å². The van der Waals surface area contributed by atoms with Gasteiger partial charge >= 0.3 is 0 Å². The number of aliphatic hydroxyl groups is 1. The molecule has 88 valence electrons. The quantitative estimate of drug-likeness (QED) is 0.604. The van der Waals surface area contributed by atoms with Crippen molar-refractivity contribution in [3.05, 3.63) is 38.3 Å². The number of aliphatic hydroxyl groups excluding tert-OH is 1. The van der Waals surface area contributed by atoms with Gasteiger partial charge in [-0.3, -0.25) is 14.9 Å². The topological polar surface area (TPSA) is 85.4 Å². The second-order valence-corrected chi connectivity index (χ2v) is 3.88. The minimum absolute atomic E-state index is 0.0614. The first-order chi connectivity index (χ1) is 7.45. The number of rotatable bonds is 4. The van der Waals surface area contributed by atoms with E-state index in [2.05, 4.69) is 0 Å². The molecule has 1 N–H and O–H groups in total. The van der Waals surface area contributed by atoms with Crippen molar-refractivity contribution in [2.24, 2.45) is 5.92 Å². The minimum Gasteiger partial charge on any atom is -0.396 e. The van der Waals surface area contributed by atoms with Crippen LogP contribution in [-0.4, -0.2) is 21.2 Å². The smallest absolute Gasteiger partial charge is 0.288 e. The fraction of sp³-hybridized carbons (Fsp3) is 0.500. The van der Waals surface area contributed by atoms with Crippen LogP contribution in [-0.2, 0) is 6.54 Å². The van der Waals surface area contributed by atoms with Crippen LogP contribution in [0.4, 0.5) is 5.69 Å². The lowest BCUT2D eigenvalue weighted by molar-refractivity contribution is -0.386. The average Bonchev–Trinajstić information content (AvgIpc) is 2.21. The summed E-state index contributed by atoms with van der Waals surface area (Å²) in [5.74, 6) is -0.111. The van der Waals surface area contributed by atoms with E-state index in [-0.39, 0.29) is 30.3 Å². The first kappa shape index (κ1) is 12.4. The predicted molar refractivity (Wildman–Crippen MR) is 58.3 cm³/mol. The number of hydrogen-bond acceptors (Lipinski definition) is 4. The van der Waals surface area contributed by atoms with Crippen molar-refractivity contribution in [2.45, 2.75) is 20.4 Å². The molecular formula is C10H14N2O4. The standard InChI is InChI=1S/C10H14N2O4/c1-7(6-13)4-11-5-9(12(15)16)8(2)3-10(11)14/h3,5,7,13H,4,6H2,1-2H3. The minimum atomic E-state index is -0.519. The molecule has 0 bridgehead atoms. The molecule has 1 heterocycles. The summed E-state index contributed by atoms with van der Waals surface area (Å²) >= 11 is 0. The Labute approximate surface area is 92.3 Å². The fourth-order valence-electron chi connectivity index (χ4n) is 1.38. The lowest BCUT2D eigenvalue weighted by atomic mass is 10.2. The van der Waals surface area contributed by atoms with Crippen LogP contribution in [0.2, 0.25) is 0 Å². The monoisotopic (exact) mass is 226 g/mol. The highest BCUT2D eigenvalue weighted by Crippen LogP contribution is 2.14. The normalized spacial score (nSPS) is 12.4. The molecule has 0 aliphatic carbocycles. The zero-order valence-corrected chi connectivity index (χ0v) is 9.21. The van der Waals surface area contributed by atoms with Crippen LogP contribution in [0.5, 0.6) is 0 Å². The number of pyridine rings is 1. The van der Waals surface area contributed by atoms with Gasteiger partial charge in [-0.2, -0.15) is 0 Å². The van der Waals surface area contributed by atoms with E-state index in [9.17, 15) is 14.9 Å². The summed E-state index contributed by atoms with van der Waals surface area (Å²) in [4.78, 5) is 21.7. The molecule has 1 aromatic heterocycles. The number of nitro groups is 1. The second kappa shape index (κ2) is 4.89. The molecule has 0 aromatic carbocycles. The maximum Gasteiger partial charge on any atom is 0.288 e. The molecule has 6 nitrogen and oxygen atoms in total. The largest absolute Gasteiger partial charge is 0.396 e. The van der Waals surface area contributed by atoms with E-state index in [0.717, 1.165) is 0 Å². The van der Waals surface area contributed by atoms with Crippen LogP contribution >= 0.6 is 0 Å². The van der Waals surface area contributed by atoms with Gasteiger partial charge in [-0.25, -0.2) is 0 Å². The van der Waals surface area contributed by atoms with Gasteiger partial charge in [0.1, 0.15) is 0 Å². The van der Waals surface area contributed by atoms with Crippen molar-refractivity contribution in [3.8, 4) is 0 Å². The Morgan fingerprint density at radius 2 is 2.25 bits per heavy atom. The lowest BCUT2D eigenvalue weighted by Crippen LogP contribution is -2.24. The number of aromatic nitrogens is 1. The molecule has 0 fully saturated rings. The second-order valence-electron chi connectivity index (χ2n) is 3.88. The first-order valence-corrected chi connectivity index (χ1v) is 4.92. The van der Waals surface area contributed by atoms with Crippen molar-refractivity contribution in [3.63, 3.8) is 0 Å². The van der Waals surface area contributed by atoms with Gasteiger partial charge in [-0.1, -0.05) is 6.92 Å². The van der Waals surface area contributed by atoms with E-state index in [1.165, 1.54) is 23.8 Å². The Hall–Kier alpha value is -1.69. The Morgan fingerprint density at radius 1 is 1.62 bits per heavy atom. The predicted octanol–water partition coefficient (Wildman–Crippen LogP) is 0.693. The van der Waals surface area contributed by atoms with Gasteiger partial charge in [0.15, 0.2) is 0 Å². The van der Waals surface area contributed by atoms with Crippen LogP contribution < -0.4 is 5.56 Å². The first-order valence-electron chi connectivity index (χ1n) is 4.92. The van der Waals surface area contributed by atoms with Crippen molar-refractivity contribution in [1.82, 2.24) is 4.57 Å². The van der Waals surface area contributed by atoms with E-state index in [0.29, 0.717) is 5.56 Å². The van der Waals surface area contributed by atoms with Gasteiger partial charge in [0.2, 0.25) is 0 Å². The van der Waals surface area contributed by atoms with E-state index >= 15 is 0 Å². The van der Waals surface area contributed by atoms with E-state index in [4.69, 9.17) is 5.11 Å². The average molecular weight is 226 g/mol. The van der Waals surface area contributed by atoms with Gasteiger partial charge in [-0.05, 0) is 12.8 Å². The molecule has 1 unspecified atom stereocenters. The molecule has 16 heavy (non-hydrogen) atoms. The highest BCUT2D eigenvalue weighted by molar-refractivity contribution is 5.35. The van der Waals surface area contributed by atoms with Gasteiger partial charge < -0.3 is 9.67 Å². The number of nitrogens with zero attached hydrogens (tertiary/aromatic N) is 2. The van der Waals surface area contributed by atoms with Crippen molar-refractivity contribution in [1.29, 1.82) is 0 Å². The van der Waals surface area contributed by atoms with E-state index in [1.807, 2.05) is 0 Å². The third-order valence-electron chi connectivity index (χ3n) is 2.32. The van der Waals surface area contributed by atoms with Crippen LogP contribution in [0, 0.1) is 23.0 Å². The highest BCUT2D eigenvalue weighted by Gasteiger charge is 2.14. The molecule has 0 saturated heterocycles. The Bertz CT molecular complexity index is 453. The molecular weight excluding hydrogens is 212 g/mol. The summed E-state index contributed by atoms with van der Waals surface area (Å²) in [5.41, 5.74) is -0.0176. The summed E-state index contributed by atoms with van der Waals surface area (Å²) in [5, 5.41) is 19.6. The molecule has 6 heteroatoms. The maximum absolute atomic E-state index is 11.5. The van der Waals surface area contributed by atoms with Gasteiger partial charge in [0.05, 0.1) is 11.1 Å². The zero-order valence-electron chi connectivity index (χ0n) is 9.21. The molecule has 0 radical (unpaired) electrons. The summed E-state index contributed by atoms with van der Waals surface area (Å²) in [6.45, 7) is 3.50. The van der Waals surface area contributed by atoms with Gasteiger partial charge in [0, 0.05) is 24.8 Å². The Morgan fingerprint density at radius 3 is 2.75 bits per heavy atom. The molecule has 0 aliphatic heterocycles. The Kier molecular flexibility index (Phi) is 3.78. The molecule has 1 aromatic rings. The van der Waals surface area contributed by atoms with Crippen LogP contribution in [0.15, 0.2) is 17.1 Å². The number of hydrogen-bond donors (Lipinski definition) is 1. The number of aryl methyl sites for hydroxylation is 1. The van der Waals surface area contributed by atoms with Crippen LogP contribution in [0.3, 0.4) is 0 Å². The van der Waals surface area contributed by atoms with E-state index < -0.39 is 4.92 Å². The van der Waals surface area contributed by atoms with Crippen LogP contribution in [0.25, 0.3) is 0 Å². The zero-order chi connectivity index (χ0) is 12.3. The van der Waals surface area contributed by atoms with Crippen molar-refractivity contribution in [2.75, 3.05) is 6.61 Å². The Balaban J connectivity index is 3.15. The summed E-state index contributed by atoms with van der Waals surface area (Å²) in [6.07, 6.45) is 1.23. The lowest BCUT2D eigenvalue weighted by Gasteiger charge is -2.10. The molecule has 0 saturated carbocycles. The van der Waals surface area contributed by atoms with Crippen molar-refractivity contribution < 1.29 is 10.0 Å². The van der Waals surface area contributed by atoms with Gasteiger partial charge in [-0.15, -0.1) is 0 Å². The maximum atomic E-state index is 11.5. The third-order valence-corrected chi connectivity index (χ3v) is 2.32. The molecule has 0 amide bonds. The fourth-order valence-corrected chi connectivity index (χ4v) is 1.38. The van der Waals surface area contributed by atoms with Crippen molar-refractivity contribution >= 4 is 5.69 Å². The SMILES string of the molecule is Cc1cc(=O)n(CC(C)CO)cc1[N+](=O)[O-].